The fourth-order valence-corrected chi connectivity index (χ4v) is 3.98. The number of hydrogen-bond donors (Lipinski definition) is 2. The summed E-state index contributed by atoms with van der Waals surface area (Å²) < 4.78 is 27.2. The van der Waals surface area contributed by atoms with Crippen LogP contribution in [-0.2, 0) is 10.0 Å². The quantitative estimate of drug-likeness (QED) is 0.785. The topological polar surface area (TPSA) is 66.4 Å². The third-order valence-corrected chi connectivity index (χ3v) is 5.91. The maximum atomic E-state index is 12.4. The van der Waals surface area contributed by atoms with Gasteiger partial charge in [-0.1, -0.05) is 29.8 Å². The molecule has 0 aliphatic rings. The normalized spacial score (nSPS) is 13.0. The van der Waals surface area contributed by atoms with E-state index in [4.69, 9.17) is 0 Å². The summed E-state index contributed by atoms with van der Waals surface area (Å²) in [5.41, 5.74) is 2.39. The van der Waals surface area contributed by atoms with E-state index in [0.717, 1.165) is 10.5 Å². The first-order valence-corrected chi connectivity index (χ1v) is 9.93. The monoisotopic (exact) mass is 351 g/mol. The van der Waals surface area contributed by atoms with Crippen molar-refractivity contribution in [1.82, 2.24) is 4.72 Å². The Kier molecular flexibility index (Phi) is 5.86. The van der Waals surface area contributed by atoms with Crippen LogP contribution in [0.1, 0.15) is 22.8 Å². The minimum Gasteiger partial charge on any atom is -0.387 e. The highest BCUT2D eigenvalue weighted by molar-refractivity contribution is 7.98. The molecule has 23 heavy (non-hydrogen) atoms. The van der Waals surface area contributed by atoms with E-state index in [1.165, 1.54) is 0 Å². The van der Waals surface area contributed by atoms with E-state index in [2.05, 4.69) is 4.72 Å². The molecule has 2 aromatic carbocycles. The highest BCUT2D eigenvalue weighted by Crippen LogP contribution is 2.20. The molecular weight excluding hydrogens is 330 g/mol. The summed E-state index contributed by atoms with van der Waals surface area (Å²) in [5.74, 6) is 0. The number of aliphatic hydroxyl groups is 1. The second-order valence-corrected chi connectivity index (χ2v) is 8.02. The molecule has 0 aromatic heterocycles. The SMILES string of the molecule is CSc1ccc(C(O)CNS(=O)(=O)c2ccc(C)cc2C)cc1. The Labute approximate surface area is 142 Å². The van der Waals surface area contributed by atoms with Crippen LogP contribution in [0.25, 0.3) is 0 Å². The van der Waals surface area contributed by atoms with Crippen LogP contribution in [0.5, 0.6) is 0 Å². The summed E-state index contributed by atoms with van der Waals surface area (Å²) in [4.78, 5) is 1.34. The fraction of sp³-hybridized carbons (Fsp3) is 0.294. The summed E-state index contributed by atoms with van der Waals surface area (Å²) in [5, 5.41) is 10.2. The van der Waals surface area contributed by atoms with Gasteiger partial charge in [0, 0.05) is 11.4 Å². The van der Waals surface area contributed by atoms with Gasteiger partial charge in [-0.15, -0.1) is 11.8 Å². The molecule has 6 heteroatoms. The molecule has 1 atom stereocenters. The van der Waals surface area contributed by atoms with Gasteiger partial charge in [0.2, 0.25) is 10.0 Å². The molecule has 0 radical (unpaired) electrons. The first-order valence-electron chi connectivity index (χ1n) is 7.22. The van der Waals surface area contributed by atoms with Gasteiger partial charge in [0.15, 0.2) is 0 Å². The van der Waals surface area contributed by atoms with Crippen molar-refractivity contribution in [2.75, 3.05) is 12.8 Å². The van der Waals surface area contributed by atoms with Crippen LogP contribution < -0.4 is 4.72 Å². The van der Waals surface area contributed by atoms with Crippen LogP contribution >= 0.6 is 11.8 Å². The predicted molar refractivity (Wildman–Crippen MR) is 94.3 cm³/mol. The molecule has 1 unspecified atom stereocenters. The smallest absolute Gasteiger partial charge is 0.240 e. The third-order valence-electron chi connectivity index (χ3n) is 3.59. The zero-order valence-electron chi connectivity index (χ0n) is 13.4. The summed E-state index contributed by atoms with van der Waals surface area (Å²) in [7, 11) is -3.64. The van der Waals surface area contributed by atoms with Gasteiger partial charge < -0.3 is 5.11 Å². The standard InChI is InChI=1S/C17H21NO3S2/c1-12-4-9-17(13(2)10-12)23(20,21)18-11-16(19)14-5-7-15(22-3)8-6-14/h4-10,16,18-19H,11H2,1-3H3. The van der Waals surface area contributed by atoms with Crippen molar-refractivity contribution in [1.29, 1.82) is 0 Å². The summed E-state index contributed by atoms with van der Waals surface area (Å²) in [6, 6.07) is 12.6. The van der Waals surface area contributed by atoms with Gasteiger partial charge in [-0.05, 0) is 49.4 Å². The molecule has 0 aliphatic heterocycles. The van der Waals surface area contributed by atoms with E-state index in [1.54, 1.807) is 30.8 Å². The van der Waals surface area contributed by atoms with E-state index in [-0.39, 0.29) is 11.4 Å². The molecule has 0 saturated heterocycles. The van der Waals surface area contributed by atoms with Crippen molar-refractivity contribution >= 4 is 21.8 Å². The Balaban J connectivity index is 2.08. The summed E-state index contributed by atoms with van der Waals surface area (Å²) >= 11 is 1.61. The van der Waals surface area contributed by atoms with Crippen LogP contribution in [0, 0.1) is 13.8 Å². The minimum atomic E-state index is -3.64. The van der Waals surface area contributed by atoms with Gasteiger partial charge in [-0.25, -0.2) is 13.1 Å². The van der Waals surface area contributed by atoms with Gasteiger partial charge in [-0.3, -0.25) is 0 Å². The molecule has 0 amide bonds. The largest absolute Gasteiger partial charge is 0.387 e. The Bertz CT molecular complexity index is 771. The van der Waals surface area contributed by atoms with Crippen molar-refractivity contribution in [2.45, 2.75) is 29.7 Å². The molecule has 0 bridgehead atoms. The van der Waals surface area contributed by atoms with E-state index in [1.807, 2.05) is 43.5 Å². The fourth-order valence-electron chi connectivity index (χ4n) is 2.31. The molecule has 4 nitrogen and oxygen atoms in total. The van der Waals surface area contributed by atoms with Crippen LogP contribution in [0.3, 0.4) is 0 Å². The number of hydrogen-bond acceptors (Lipinski definition) is 4. The first kappa shape index (κ1) is 18.0. The average molecular weight is 351 g/mol. The lowest BCUT2D eigenvalue weighted by Gasteiger charge is -2.14. The van der Waals surface area contributed by atoms with E-state index in [0.29, 0.717) is 11.1 Å². The number of sulfonamides is 1. The average Bonchev–Trinajstić information content (AvgIpc) is 2.52. The van der Waals surface area contributed by atoms with Gasteiger partial charge in [0.1, 0.15) is 0 Å². The highest BCUT2D eigenvalue weighted by atomic mass is 32.2. The van der Waals surface area contributed by atoms with Crippen molar-refractivity contribution in [3.05, 3.63) is 59.2 Å². The molecule has 0 aliphatic carbocycles. The second kappa shape index (κ2) is 7.49. The molecular formula is C17H21NO3S2. The van der Waals surface area contributed by atoms with E-state index < -0.39 is 16.1 Å². The number of aryl methyl sites for hydroxylation is 2. The van der Waals surface area contributed by atoms with Crippen molar-refractivity contribution in [2.24, 2.45) is 0 Å². The van der Waals surface area contributed by atoms with Crippen LogP contribution in [0.4, 0.5) is 0 Å². The zero-order chi connectivity index (χ0) is 17.0. The second-order valence-electron chi connectivity index (χ2n) is 5.41. The summed E-state index contributed by atoms with van der Waals surface area (Å²) in [6.45, 7) is 3.62. The van der Waals surface area contributed by atoms with Gasteiger partial charge in [0.25, 0.3) is 0 Å². The van der Waals surface area contributed by atoms with Crippen molar-refractivity contribution < 1.29 is 13.5 Å². The predicted octanol–water partition coefficient (Wildman–Crippen LogP) is 3.04. The molecule has 0 saturated carbocycles. The van der Waals surface area contributed by atoms with Crippen molar-refractivity contribution in [3.63, 3.8) is 0 Å². The highest BCUT2D eigenvalue weighted by Gasteiger charge is 2.18. The van der Waals surface area contributed by atoms with Gasteiger partial charge >= 0.3 is 0 Å². The number of thioether (sulfide) groups is 1. The van der Waals surface area contributed by atoms with E-state index >= 15 is 0 Å². The molecule has 2 rings (SSSR count). The first-order chi connectivity index (χ1) is 10.8. The lowest BCUT2D eigenvalue weighted by molar-refractivity contribution is 0.182. The van der Waals surface area contributed by atoms with Gasteiger partial charge in [0.05, 0.1) is 11.0 Å². The minimum absolute atomic E-state index is 0.0612. The van der Waals surface area contributed by atoms with Gasteiger partial charge in [-0.2, -0.15) is 0 Å². The Hall–Kier alpha value is -1.34. The maximum Gasteiger partial charge on any atom is 0.240 e. The van der Waals surface area contributed by atoms with Crippen LogP contribution in [-0.4, -0.2) is 26.3 Å². The maximum absolute atomic E-state index is 12.4. The Morgan fingerprint density at radius 2 is 1.78 bits per heavy atom. The molecule has 0 spiro atoms. The van der Waals surface area contributed by atoms with Crippen molar-refractivity contribution in [3.8, 4) is 0 Å². The molecule has 2 aromatic rings. The lowest BCUT2D eigenvalue weighted by atomic mass is 10.1. The molecule has 124 valence electrons. The van der Waals surface area contributed by atoms with Crippen LogP contribution in [0.2, 0.25) is 0 Å². The zero-order valence-corrected chi connectivity index (χ0v) is 15.0. The number of nitrogens with one attached hydrogen (secondary N) is 1. The Morgan fingerprint density at radius 3 is 2.35 bits per heavy atom. The van der Waals surface area contributed by atoms with E-state index in [9.17, 15) is 13.5 Å². The lowest BCUT2D eigenvalue weighted by Crippen LogP contribution is -2.29. The number of benzene rings is 2. The molecule has 0 fully saturated rings. The number of aliphatic hydroxyl groups excluding tert-OH is 1. The van der Waals surface area contributed by atoms with Crippen LogP contribution in [0.15, 0.2) is 52.3 Å². The summed E-state index contributed by atoms with van der Waals surface area (Å²) in [6.07, 6.45) is 1.09. The Morgan fingerprint density at radius 1 is 1.13 bits per heavy atom. The third kappa shape index (κ3) is 4.57. The number of rotatable bonds is 6. The molecule has 0 heterocycles. The molecule has 2 N–H and O–H groups in total.